The maximum Gasteiger partial charge on any atom is 0.220 e. The van der Waals surface area contributed by atoms with Crippen LogP contribution in [-0.4, -0.2) is 23.2 Å². The number of benzene rings is 1. The second kappa shape index (κ2) is 6.40. The van der Waals surface area contributed by atoms with Gasteiger partial charge in [0.15, 0.2) is 0 Å². The summed E-state index contributed by atoms with van der Waals surface area (Å²) in [5.41, 5.74) is 1.01. The Hall–Kier alpha value is -1.55. The van der Waals surface area contributed by atoms with Gasteiger partial charge in [-0.1, -0.05) is 18.2 Å². The lowest BCUT2D eigenvalue weighted by Gasteiger charge is -2.05. The molecule has 0 aliphatic rings. The molecule has 0 aliphatic heterocycles. The lowest BCUT2D eigenvalue weighted by Crippen LogP contribution is -2.22. The fraction of sp³-hybridized carbons (Fsp3) is 0.286. The van der Waals surface area contributed by atoms with E-state index in [1.54, 1.807) is 18.0 Å². The molecular weight excluding hydrogens is 244 g/mol. The van der Waals surface area contributed by atoms with Crippen molar-refractivity contribution < 1.29 is 4.79 Å². The second-order valence-corrected chi connectivity index (χ2v) is 5.02. The zero-order valence-corrected chi connectivity index (χ0v) is 11.2. The van der Waals surface area contributed by atoms with Crippen LogP contribution in [0.15, 0.2) is 41.4 Å². The van der Waals surface area contributed by atoms with E-state index in [9.17, 15) is 4.79 Å². The van der Waals surface area contributed by atoms with Crippen molar-refractivity contribution in [1.82, 2.24) is 10.3 Å². The Bertz CT molecular complexity index is 537. The molecule has 1 heterocycles. The van der Waals surface area contributed by atoms with Crippen LogP contribution in [0, 0.1) is 0 Å². The summed E-state index contributed by atoms with van der Waals surface area (Å²) in [5, 5.41) is 3.94. The van der Waals surface area contributed by atoms with Crippen molar-refractivity contribution in [2.75, 3.05) is 12.3 Å². The second-order valence-electron chi connectivity index (χ2n) is 3.88. The number of amides is 1. The highest BCUT2D eigenvalue weighted by atomic mass is 32.2. The van der Waals surface area contributed by atoms with Gasteiger partial charge in [-0.15, -0.1) is 11.8 Å². The summed E-state index contributed by atoms with van der Waals surface area (Å²) in [6.45, 7) is 2.62. The van der Waals surface area contributed by atoms with Crippen LogP contribution >= 0.6 is 11.8 Å². The van der Waals surface area contributed by atoms with Gasteiger partial charge in [0, 0.05) is 35.2 Å². The largest absolute Gasteiger partial charge is 0.356 e. The Morgan fingerprint density at radius 1 is 1.33 bits per heavy atom. The standard InChI is InChI=1S/C14H16N2OS/c1-2-15-13(17)8-10-18-12-7-3-5-11-6-4-9-16-14(11)12/h3-7,9H,2,8,10H2,1H3,(H,15,17). The fourth-order valence-corrected chi connectivity index (χ4v) is 2.72. The number of nitrogens with zero attached hydrogens (tertiary/aromatic N) is 1. The zero-order chi connectivity index (χ0) is 12.8. The minimum Gasteiger partial charge on any atom is -0.356 e. The third kappa shape index (κ3) is 3.23. The van der Waals surface area contributed by atoms with Crippen molar-refractivity contribution >= 4 is 28.6 Å². The predicted octanol–water partition coefficient (Wildman–Crippen LogP) is 2.85. The van der Waals surface area contributed by atoms with E-state index in [0.717, 1.165) is 21.6 Å². The van der Waals surface area contributed by atoms with Gasteiger partial charge in [0.25, 0.3) is 0 Å². The number of fused-ring (bicyclic) bond motifs is 1. The molecule has 0 spiro atoms. The van der Waals surface area contributed by atoms with Crippen LogP contribution in [0.5, 0.6) is 0 Å². The van der Waals surface area contributed by atoms with Crippen LogP contribution in [0.1, 0.15) is 13.3 Å². The molecule has 2 rings (SSSR count). The predicted molar refractivity (Wildman–Crippen MR) is 75.8 cm³/mol. The van der Waals surface area contributed by atoms with E-state index >= 15 is 0 Å². The van der Waals surface area contributed by atoms with Gasteiger partial charge in [0.2, 0.25) is 5.91 Å². The summed E-state index contributed by atoms with van der Waals surface area (Å²) in [4.78, 5) is 16.9. The number of thioether (sulfide) groups is 1. The highest BCUT2D eigenvalue weighted by Crippen LogP contribution is 2.26. The first-order chi connectivity index (χ1) is 8.81. The highest BCUT2D eigenvalue weighted by molar-refractivity contribution is 7.99. The third-order valence-electron chi connectivity index (χ3n) is 2.56. The Labute approximate surface area is 111 Å². The molecule has 1 aromatic carbocycles. The summed E-state index contributed by atoms with van der Waals surface area (Å²) in [7, 11) is 0. The van der Waals surface area contributed by atoms with Crippen LogP contribution in [-0.2, 0) is 4.79 Å². The maximum absolute atomic E-state index is 11.4. The minimum absolute atomic E-state index is 0.109. The van der Waals surface area contributed by atoms with E-state index < -0.39 is 0 Å². The maximum atomic E-state index is 11.4. The Morgan fingerprint density at radius 2 is 2.17 bits per heavy atom. The highest BCUT2D eigenvalue weighted by Gasteiger charge is 2.04. The van der Waals surface area contributed by atoms with Crippen molar-refractivity contribution in [2.24, 2.45) is 0 Å². The number of carbonyl (C=O) groups excluding carboxylic acids is 1. The molecule has 1 aromatic heterocycles. The number of pyridine rings is 1. The fourth-order valence-electron chi connectivity index (χ4n) is 1.73. The van der Waals surface area contributed by atoms with Gasteiger partial charge in [-0.3, -0.25) is 9.78 Å². The zero-order valence-electron chi connectivity index (χ0n) is 10.3. The van der Waals surface area contributed by atoms with Crippen LogP contribution < -0.4 is 5.32 Å². The van der Waals surface area contributed by atoms with Gasteiger partial charge in [-0.25, -0.2) is 0 Å². The molecule has 1 N–H and O–H groups in total. The van der Waals surface area contributed by atoms with E-state index in [1.807, 2.05) is 19.1 Å². The molecule has 0 unspecified atom stereocenters. The quantitative estimate of drug-likeness (QED) is 0.841. The molecule has 1 amide bonds. The van der Waals surface area contributed by atoms with Gasteiger partial charge in [-0.2, -0.15) is 0 Å². The van der Waals surface area contributed by atoms with Crippen molar-refractivity contribution in [1.29, 1.82) is 0 Å². The molecular formula is C14H16N2OS. The Kier molecular flexibility index (Phi) is 4.59. The molecule has 0 saturated carbocycles. The molecule has 18 heavy (non-hydrogen) atoms. The third-order valence-corrected chi connectivity index (χ3v) is 3.61. The summed E-state index contributed by atoms with van der Waals surface area (Å²) in [5.74, 6) is 0.889. The van der Waals surface area contributed by atoms with Crippen molar-refractivity contribution in [3.8, 4) is 0 Å². The van der Waals surface area contributed by atoms with Crippen LogP contribution in [0.4, 0.5) is 0 Å². The first kappa shape index (κ1) is 12.9. The summed E-state index contributed by atoms with van der Waals surface area (Å²) < 4.78 is 0. The van der Waals surface area contributed by atoms with Gasteiger partial charge in [0.05, 0.1) is 5.52 Å². The Morgan fingerprint density at radius 3 is 3.00 bits per heavy atom. The van der Waals surface area contributed by atoms with Crippen molar-refractivity contribution in [3.63, 3.8) is 0 Å². The molecule has 0 atom stereocenters. The smallest absolute Gasteiger partial charge is 0.220 e. The summed E-state index contributed by atoms with van der Waals surface area (Å²) in [6, 6.07) is 10.1. The number of aromatic nitrogens is 1. The molecule has 0 bridgehead atoms. The van der Waals surface area contributed by atoms with Crippen LogP contribution in [0.2, 0.25) is 0 Å². The Balaban J connectivity index is 2.01. The van der Waals surface area contributed by atoms with Gasteiger partial charge >= 0.3 is 0 Å². The lowest BCUT2D eigenvalue weighted by molar-refractivity contribution is -0.120. The van der Waals surface area contributed by atoms with Gasteiger partial charge in [0.1, 0.15) is 0 Å². The number of carbonyl (C=O) groups is 1. The molecule has 0 radical (unpaired) electrons. The van der Waals surface area contributed by atoms with Crippen LogP contribution in [0.3, 0.4) is 0 Å². The molecule has 0 fully saturated rings. The lowest BCUT2D eigenvalue weighted by atomic mass is 10.2. The first-order valence-electron chi connectivity index (χ1n) is 6.04. The molecule has 94 valence electrons. The number of hydrogen-bond acceptors (Lipinski definition) is 3. The van der Waals surface area contributed by atoms with E-state index in [2.05, 4.69) is 28.5 Å². The van der Waals surface area contributed by atoms with Crippen molar-refractivity contribution in [2.45, 2.75) is 18.2 Å². The monoisotopic (exact) mass is 260 g/mol. The van der Waals surface area contributed by atoms with E-state index in [0.29, 0.717) is 13.0 Å². The average molecular weight is 260 g/mol. The molecule has 0 saturated heterocycles. The molecule has 4 heteroatoms. The van der Waals surface area contributed by atoms with E-state index in [1.165, 1.54) is 0 Å². The summed E-state index contributed by atoms with van der Waals surface area (Å²) >= 11 is 1.68. The molecule has 0 aliphatic carbocycles. The van der Waals surface area contributed by atoms with Crippen LogP contribution in [0.25, 0.3) is 10.9 Å². The number of nitrogens with one attached hydrogen (secondary N) is 1. The first-order valence-corrected chi connectivity index (χ1v) is 7.03. The molecule has 2 aromatic rings. The molecule has 3 nitrogen and oxygen atoms in total. The number of hydrogen-bond donors (Lipinski definition) is 1. The average Bonchev–Trinajstić information content (AvgIpc) is 2.39. The summed E-state index contributed by atoms with van der Waals surface area (Å²) in [6.07, 6.45) is 2.35. The topological polar surface area (TPSA) is 42.0 Å². The number of rotatable bonds is 5. The van der Waals surface area contributed by atoms with Gasteiger partial charge in [-0.05, 0) is 19.1 Å². The van der Waals surface area contributed by atoms with Gasteiger partial charge < -0.3 is 5.32 Å². The SMILES string of the molecule is CCNC(=O)CCSc1cccc2cccnc12. The number of para-hydroxylation sites is 1. The van der Waals surface area contributed by atoms with E-state index in [-0.39, 0.29) is 5.91 Å². The van der Waals surface area contributed by atoms with Crippen molar-refractivity contribution in [3.05, 3.63) is 36.5 Å². The minimum atomic E-state index is 0.109. The van der Waals surface area contributed by atoms with E-state index in [4.69, 9.17) is 0 Å². The normalized spacial score (nSPS) is 10.5.